The molecule has 88 valence electrons. The highest BCUT2D eigenvalue weighted by atomic mass is 16.5. The van der Waals surface area contributed by atoms with Gasteiger partial charge in [0.05, 0.1) is 12.8 Å². The van der Waals surface area contributed by atoms with Gasteiger partial charge in [0, 0.05) is 17.4 Å². The minimum absolute atomic E-state index is 0.640. The van der Waals surface area contributed by atoms with E-state index in [0.717, 1.165) is 22.6 Å². The van der Waals surface area contributed by atoms with Crippen molar-refractivity contribution in [1.29, 1.82) is 0 Å². The molecule has 0 aliphatic heterocycles. The first-order valence-electron chi connectivity index (χ1n) is 5.65. The summed E-state index contributed by atoms with van der Waals surface area (Å²) in [6.07, 6.45) is 3.54. The number of hydrogen-bond acceptors (Lipinski definition) is 3. The molecule has 0 unspecified atom stereocenters. The zero-order chi connectivity index (χ0) is 12.3. The van der Waals surface area contributed by atoms with Crippen molar-refractivity contribution in [2.75, 3.05) is 12.3 Å². The molecule has 0 fully saturated rings. The Bertz CT molecular complexity index is 523. The van der Waals surface area contributed by atoms with Gasteiger partial charge in [-0.3, -0.25) is 4.98 Å². The average Bonchev–Trinajstić information content (AvgIpc) is 2.33. The van der Waals surface area contributed by atoms with Gasteiger partial charge in [0.15, 0.2) is 0 Å². The van der Waals surface area contributed by atoms with Crippen molar-refractivity contribution in [1.82, 2.24) is 4.98 Å². The number of pyridine rings is 1. The Morgan fingerprint density at radius 1 is 1.24 bits per heavy atom. The van der Waals surface area contributed by atoms with Crippen molar-refractivity contribution >= 4 is 5.69 Å². The van der Waals surface area contributed by atoms with E-state index >= 15 is 0 Å². The molecule has 0 atom stereocenters. The zero-order valence-electron chi connectivity index (χ0n) is 10.1. The molecule has 0 spiro atoms. The van der Waals surface area contributed by atoms with Crippen LogP contribution >= 0.6 is 0 Å². The predicted molar refractivity (Wildman–Crippen MR) is 70.0 cm³/mol. The Labute approximate surface area is 101 Å². The van der Waals surface area contributed by atoms with E-state index in [1.54, 1.807) is 6.20 Å². The summed E-state index contributed by atoms with van der Waals surface area (Å²) >= 11 is 0. The van der Waals surface area contributed by atoms with E-state index in [0.29, 0.717) is 6.61 Å². The van der Waals surface area contributed by atoms with Gasteiger partial charge < -0.3 is 10.5 Å². The Morgan fingerprint density at radius 2 is 2.06 bits per heavy atom. The molecule has 1 aromatic carbocycles. The smallest absolute Gasteiger partial charge is 0.138 e. The molecule has 0 bridgehead atoms. The van der Waals surface area contributed by atoms with Gasteiger partial charge in [0.1, 0.15) is 5.75 Å². The number of aryl methyl sites for hydroxylation is 1. The zero-order valence-corrected chi connectivity index (χ0v) is 10.1. The fraction of sp³-hybridized carbons (Fsp3) is 0.214. The SMILES string of the molecule is CCOc1cncc(-c2cc(N)ccc2C)c1. The number of hydrogen-bond donors (Lipinski definition) is 1. The maximum absolute atomic E-state index is 5.81. The summed E-state index contributed by atoms with van der Waals surface area (Å²) in [5.74, 6) is 0.784. The predicted octanol–water partition coefficient (Wildman–Crippen LogP) is 3.04. The molecule has 1 aromatic heterocycles. The standard InChI is InChI=1S/C14H16N2O/c1-3-17-13-6-11(8-16-9-13)14-7-12(15)5-4-10(14)2/h4-9H,3,15H2,1-2H3. The van der Waals surface area contributed by atoms with E-state index in [9.17, 15) is 0 Å². The second-order valence-electron chi connectivity index (χ2n) is 3.92. The maximum Gasteiger partial charge on any atom is 0.138 e. The average molecular weight is 228 g/mol. The minimum Gasteiger partial charge on any atom is -0.492 e. The van der Waals surface area contributed by atoms with Crippen LogP contribution in [-0.2, 0) is 0 Å². The molecule has 2 N–H and O–H groups in total. The van der Waals surface area contributed by atoms with E-state index in [1.165, 1.54) is 5.56 Å². The Hall–Kier alpha value is -2.03. The van der Waals surface area contributed by atoms with Crippen molar-refractivity contribution in [3.05, 3.63) is 42.2 Å². The molecular weight excluding hydrogens is 212 g/mol. The van der Waals surface area contributed by atoms with Crippen LogP contribution in [0.5, 0.6) is 5.75 Å². The molecule has 0 aliphatic rings. The van der Waals surface area contributed by atoms with Crippen LogP contribution in [0.4, 0.5) is 5.69 Å². The van der Waals surface area contributed by atoms with E-state index in [-0.39, 0.29) is 0 Å². The van der Waals surface area contributed by atoms with Gasteiger partial charge in [0.25, 0.3) is 0 Å². The van der Waals surface area contributed by atoms with Crippen LogP contribution in [0.1, 0.15) is 12.5 Å². The van der Waals surface area contributed by atoms with Gasteiger partial charge in [-0.05, 0) is 43.2 Å². The molecule has 2 aromatic rings. The summed E-state index contributed by atoms with van der Waals surface area (Å²) in [6, 6.07) is 7.86. The Morgan fingerprint density at radius 3 is 2.82 bits per heavy atom. The van der Waals surface area contributed by atoms with Crippen LogP contribution in [0.15, 0.2) is 36.7 Å². The fourth-order valence-electron chi connectivity index (χ4n) is 1.76. The summed E-state index contributed by atoms with van der Waals surface area (Å²) in [6.45, 7) is 4.65. The normalized spacial score (nSPS) is 10.2. The second kappa shape index (κ2) is 4.87. The van der Waals surface area contributed by atoms with Gasteiger partial charge in [-0.25, -0.2) is 0 Å². The van der Waals surface area contributed by atoms with Crippen molar-refractivity contribution in [2.24, 2.45) is 0 Å². The first-order valence-corrected chi connectivity index (χ1v) is 5.65. The molecule has 3 nitrogen and oxygen atoms in total. The highest BCUT2D eigenvalue weighted by Gasteiger charge is 2.04. The maximum atomic E-state index is 5.81. The van der Waals surface area contributed by atoms with Gasteiger partial charge in [-0.2, -0.15) is 0 Å². The monoisotopic (exact) mass is 228 g/mol. The van der Waals surface area contributed by atoms with Crippen LogP contribution in [0, 0.1) is 6.92 Å². The molecule has 0 amide bonds. The Balaban J connectivity index is 2.45. The lowest BCUT2D eigenvalue weighted by molar-refractivity contribution is 0.339. The van der Waals surface area contributed by atoms with Crippen LogP contribution in [0.2, 0.25) is 0 Å². The first-order chi connectivity index (χ1) is 8.20. The number of rotatable bonds is 3. The fourth-order valence-corrected chi connectivity index (χ4v) is 1.76. The lowest BCUT2D eigenvalue weighted by atomic mass is 10.0. The van der Waals surface area contributed by atoms with Crippen LogP contribution in [0.25, 0.3) is 11.1 Å². The Kier molecular flexibility index (Phi) is 3.28. The second-order valence-corrected chi connectivity index (χ2v) is 3.92. The largest absolute Gasteiger partial charge is 0.492 e. The molecule has 0 radical (unpaired) electrons. The summed E-state index contributed by atoms with van der Waals surface area (Å²) in [4.78, 5) is 4.18. The highest BCUT2D eigenvalue weighted by Crippen LogP contribution is 2.27. The molecule has 0 aliphatic carbocycles. The number of anilines is 1. The third-order valence-electron chi connectivity index (χ3n) is 2.60. The number of benzene rings is 1. The molecular formula is C14H16N2O. The molecule has 2 rings (SSSR count). The number of ether oxygens (including phenoxy) is 1. The number of nitrogens with two attached hydrogens (primary N) is 1. The van der Waals surface area contributed by atoms with E-state index < -0.39 is 0 Å². The highest BCUT2D eigenvalue weighted by molar-refractivity contribution is 5.71. The molecule has 17 heavy (non-hydrogen) atoms. The van der Waals surface area contributed by atoms with Gasteiger partial charge in [-0.15, -0.1) is 0 Å². The third kappa shape index (κ3) is 2.56. The molecule has 3 heteroatoms. The van der Waals surface area contributed by atoms with Crippen molar-refractivity contribution < 1.29 is 4.74 Å². The number of nitrogen functional groups attached to an aromatic ring is 1. The summed E-state index contributed by atoms with van der Waals surface area (Å²) in [7, 11) is 0. The van der Waals surface area contributed by atoms with Crippen LogP contribution < -0.4 is 10.5 Å². The van der Waals surface area contributed by atoms with E-state index in [4.69, 9.17) is 10.5 Å². The molecule has 0 saturated carbocycles. The van der Waals surface area contributed by atoms with E-state index in [1.807, 2.05) is 37.4 Å². The van der Waals surface area contributed by atoms with Crippen LogP contribution in [-0.4, -0.2) is 11.6 Å². The van der Waals surface area contributed by atoms with Crippen molar-refractivity contribution in [3.8, 4) is 16.9 Å². The summed E-state index contributed by atoms with van der Waals surface area (Å²) in [5, 5.41) is 0. The van der Waals surface area contributed by atoms with Gasteiger partial charge >= 0.3 is 0 Å². The van der Waals surface area contributed by atoms with Crippen molar-refractivity contribution in [2.45, 2.75) is 13.8 Å². The van der Waals surface area contributed by atoms with Gasteiger partial charge in [-0.1, -0.05) is 6.07 Å². The lowest BCUT2D eigenvalue weighted by Crippen LogP contribution is -1.94. The molecule has 0 saturated heterocycles. The van der Waals surface area contributed by atoms with E-state index in [2.05, 4.69) is 11.9 Å². The summed E-state index contributed by atoms with van der Waals surface area (Å²) in [5.41, 5.74) is 9.87. The quantitative estimate of drug-likeness (QED) is 0.821. The topological polar surface area (TPSA) is 48.1 Å². The first kappa shape index (κ1) is 11.5. The third-order valence-corrected chi connectivity index (χ3v) is 2.60. The van der Waals surface area contributed by atoms with Gasteiger partial charge in [0.2, 0.25) is 0 Å². The minimum atomic E-state index is 0.640. The number of nitrogens with zero attached hydrogens (tertiary/aromatic N) is 1. The lowest BCUT2D eigenvalue weighted by Gasteiger charge is -2.09. The summed E-state index contributed by atoms with van der Waals surface area (Å²) < 4.78 is 5.44. The van der Waals surface area contributed by atoms with Crippen LogP contribution in [0.3, 0.4) is 0 Å². The molecule has 1 heterocycles. The van der Waals surface area contributed by atoms with Crippen molar-refractivity contribution in [3.63, 3.8) is 0 Å². The number of aromatic nitrogens is 1.